The number of nitrogens with one attached hydrogen (secondary N) is 1. The Morgan fingerprint density at radius 1 is 1.24 bits per heavy atom. The maximum absolute atomic E-state index is 6.29. The van der Waals surface area contributed by atoms with Crippen LogP contribution in [0, 0.1) is 6.92 Å². The Morgan fingerprint density at radius 3 is 2.65 bits per heavy atom. The molecular weight excluding hydrogens is 250 g/mol. The van der Waals surface area contributed by atoms with E-state index in [1.54, 1.807) is 11.3 Å². The van der Waals surface area contributed by atoms with E-state index in [1.165, 1.54) is 16.0 Å². The van der Waals surface area contributed by atoms with Gasteiger partial charge in [-0.2, -0.15) is 0 Å². The largest absolute Gasteiger partial charge is 0.313 e. The molecule has 0 saturated heterocycles. The molecule has 0 bridgehead atoms. The number of hydrogen-bond donors (Lipinski definition) is 1. The Morgan fingerprint density at radius 2 is 2.06 bits per heavy atom. The van der Waals surface area contributed by atoms with E-state index in [9.17, 15) is 0 Å². The maximum atomic E-state index is 6.29. The Labute approximate surface area is 111 Å². The summed E-state index contributed by atoms with van der Waals surface area (Å²) in [5, 5.41) is 6.30. The van der Waals surface area contributed by atoms with Gasteiger partial charge < -0.3 is 5.32 Å². The Balaban J connectivity index is 2.24. The van der Waals surface area contributed by atoms with Gasteiger partial charge in [0.2, 0.25) is 0 Å². The standard InChI is InChI=1S/C14H16ClNS/c1-3-16-8-12-5-4-11(7-14(12)15)13-6-10(2)17-9-13/h4-7,9,16H,3,8H2,1-2H3. The molecule has 2 rings (SSSR count). The van der Waals surface area contributed by atoms with Crippen molar-refractivity contribution < 1.29 is 0 Å². The number of rotatable bonds is 4. The topological polar surface area (TPSA) is 12.0 Å². The van der Waals surface area contributed by atoms with Crippen molar-refractivity contribution in [2.24, 2.45) is 0 Å². The smallest absolute Gasteiger partial charge is 0.0457 e. The van der Waals surface area contributed by atoms with Crippen LogP contribution in [0.3, 0.4) is 0 Å². The summed E-state index contributed by atoms with van der Waals surface area (Å²) in [7, 11) is 0. The summed E-state index contributed by atoms with van der Waals surface area (Å²) in [6.45, 7) is 6.01. The predicted octanol–water partition coefficient (Wildman–Crippen LogP) is 4.49. The van der Waals surface area contributed by atoms with E-state index in [4.69, 9.17) is 11.6 Å². The zero-order chi connectivity index (χ0) is 12.3. The summed E-state index contributed by atoms with van der Waals surface area (Å²) < 4.78 is 0. The molecule has 1 heterocycles. The van der Waals surface area contributed by atoms with E-state index in [2.05, 4.69) is 48.8 Å². The molecule has 1 aromatic carbocycles. The van der Waals surface area contributed by atoms with Gasteiger partial charge in [0, 0.05) is 16.4 Å². The third-order valence-corrected chi connectivity index (χ3v) is 3.90. The summed E-state index contributed by atoms with van der Waals surface area (Å²) in [6, 6.07) is 8.49. The van der Waals surface area contributed by atoms with Crippen LogP contribution in [-0.4, -0.2) is 6.54 Å². The van der Waals surface area contributed by atoms with Crippen LogP contribution in [0.25, 0.3) is 11.1 Å². The molecular formula is C14H16ClNS. The zero-order valence-corrected chi connectivity index (χ0v) is 11.7. The quantitative estimate of drug-likeness (QED) is 0.859. The lowest BCUT2D eigenvalue weighted by Crippen LogP contribution is -2.11. The van der Waals surface area contributed by atoms with Gasteiger partial charge in [0.15, 0.2) is 0 Å². The molecule has 0 atom stereocenters. The van der Waals surface area contributed by atoms with Crippen molar-refractivity contribution in [3.63, 3.8) is 0 Å². The minimum atomic E-state index is 0.832. The summed E-state index contributed by atoms with van der Waals surface area (Å²) in [6.07, 6.45) is 0. The van der Waals surface area contributed by atoms with Crippen LogP contribution in [-0.2, 0) is 6.54 Å². The fraction of sp³-hybridized carbons (Fsp3) is 0.286. The van der Waals surface area contributed by atoms with Gasteiger partial charge in [-0.3, -0.25) is 0 Å². The first kappa shape index (κ1) is 12.6. The van der Waals surface area contributed by atoms with Gasteiger partial charge in [-0.15, -0.1) is 11.3 Å². The number of halogens is 1. The van der Waals surface area contributed by atoms with Crippen molar-refractivity contribution in [2.45, 2.75) is 20.4 Å². The molecule has 0 fully saturated rings. The average molecular weight is 266 g/mol. The van der Waals surface area contributed by atoms with Crippen LogP contribution in [0.5, 0.6) is 0 Å². The van der Waals surface area contributed by atoms with Crippen LogP contribution >= 0.6 is 22.9 Å². The van der Waals surface area contributed by atoms with Crippen molar-refractivity contribution in [2.75, 3.05) is 6.54 Å². The first-order valence-corrected chi connectivity index (χ1v) is 7.01. The number of aryl methyl sites for hydroxylation is 1. The van der Waals surface area contributed by atoms with Crippen molar-refractivity contribution in [3.05, 3.63) is 45.1 Å². The number of benzene rings is 1. The third-order valence-electron chi connectivity index (χ3n) is 2.68. The van der Waals surface area contributed by atoms with E-state index in [0.29, 0.717) is 0 Å². The molecule has 3 heteroatoms. The predicted molar refractivity (Wildman–Crippen MR) is 76.9 cm³/mol. The molecule has 1 aromatic heterocycles. The van der Waals surface area contributed by atoms with Crippen molar-refractivity contribution in [1.29, 1.82) is 0 Å². The van der Waals surface area contributed by atoms with Gasteiger partial charge in [0.05, 0.1) is 0 Å². The Bertz CT molecular complexity index is 505. The molecule has 0 amide bonds. The van der Waals surface area contributed by atoms with Crippen LogP contribution in [0.15, 0.2) is 29.6 Å². The molecule has 0 aliphatic rings. The molecule has 0 aliphatic heterocycles. The van der Waals surface area contributed by atoms with E-state index in [-0.39, 0.29) is 0 Å². The van der Waals surface area contributed by atoms with Crippen LogP contribution < -0.4 is 5.32 Å². The fourth-order valence-electron chi connectivity index (χ4n) is 1.72. The lowest BCUT2D eigenvalue weighted by molar-refractivity contribution is 0.727. The normalized spacial score (nSPS) is 10.8. The van der Waals surface area contributed by atoms with Crippen molar-refractivity contribution in [3.8, 4) is 11.1 Å². The Kier molecular flexibility index (Phi) is 4.21. The highest BCUT2D eigenvalue weighted by Crippen LogP contribution is 2.28. The van der Waals surface area contributed by atoms with E-state index < -0.39 is 0 Å². The summed E-state index contributed by atoms with van der Waals surface area (Å²) in [4.78, 5) is 1.33. The van der Waals surface area contributed by atoms with Crippen LogP contribution in [0.2, 0.25) is 5.02 Å². The second-order valence-electron chi connectivity index (χ2n) is 4.03. The summed E-state index contributed by atoms with van der Waals surface area (Å²) >= 11 is 8.05. The zero-order valence-electron chi connectivity index (χ0n) is 10.1. The molecule has 0 unspecified atom stereocenters. The molecule has 17 heavy (non-hydrogen) atoms. The minimum absolute atomic E-state index is 0.832. The Hall–Kier alpha value is -0.830. The van der Waals surface area contributed by atoms with Crippen LogP contribution in [0.1, 0.15) is 17.4 Å². The molecule has 1 N–H and O–H groups in total. The highest BCUT2D eigenvalue weighted by molar-refractivity contribution is 7.10. The maximum Gasteiger partial charge on any atom is 0.0457 e. The van der Waals surface area contributed by atoms with Gasteiger partial charge in [0.25, 0.3) is 0 Å². The second-order valence-corrected chi connectivity index (χ2v) is 5.56. The van der Waals surface area contributed by atoms with E-state index in [1.807, 2.05) is 0 Å². The van der Waals surface area contributed by atoms with Gasteiger partial charge >= 0.3 is 0 Å². The monoisotopic (exact) mass is 265 g/mol. The molecule has 0 aliphatic carbocycles. The fourth-order valence-corrected chi connectivity index (χ4v) is 2.68. The lowest BCUT2D eigenvalue weighted by atomic mass is 10.1. The molecule has 0 spiro atoms. The van der Waals surface area contributed by atoms with Crippen molar-refractivity contribution in [1.82, 2.24) is 5.32 Å². The molecule has 90 valence electrons. The molecule has 0 radical (unpaired) electrons. The molecule has 2 aromatic rings. The summed E-state index contributed by atoms with van der Waals surface area (Å²) in [5.74, 6) is 0. The van der Waals surface area contributed by atoms with Gasteiger partial charge in [-0.05, 0) is 47.7 Å². The van der Waals surface area contributed by atoms with Gasteiger partial charge in [0.1, 0.15) is 0 Å². The first-order chi connectivity index (χ1) is 8.20. The average Bonchev–Trinajstić information content (AvgIpc) is 2.74. The van der Waals surface area contributed by atoms with E-state index in [0.717, 1.165) is 23.7 Å². The lowest BCUT2D eigenvalue weighted by Gasteiger charge is -2.06. The first-order valence-electron chi connectivity index (χ1n) is 5.75. The molecule has 0 saturated carbocycles. The van der Waals surface area contributed by atoms with Crippen molar-refractivity contribution >= 4 is 22.9 Å². The highest BCUT2D eigenvalue weighted by Gasteiger charge is 2.04. The SMILES string of the molecule is CCNCc1ccc(-c2csc(C)c2)cc1Cl. The third kappa shape index (κ3) is 3.09. The number of hydrogen-bond acceptors (Lipinski definition) is 2. The summed E-state index contributed by atoms with van der Waals surface area (Å²) in [5.41, 5.74) is 3.60. The molecule has 1 nitrogen and oxygen atoms in total. The van der Waals surface area contributed by atoms with Gasteiger partial charge in [-0.25, -0.2) is 0 Å². The minimum Gasteiger partial charge on any atom is -0.313 e. The number of thiophene rings is 1. The van der Waals surface area contributed by atoms with E-state index >= 15 is 0 Å². The second kappa shape index (κ2) is 5.67. The highest BCUT2D eigenvalue weighted by atomic mass is 35.5. The van der Waals surface area contributed by atoms with Crippen LogP contribution in [0.4, 0.5) is 0 Å². The van der Waals surface area contributed by atoms with Gasteiger partial charge in [-0.1, -0.05) is 30.7 Å².